The van der Waals surface area contributed by atoms with Crippen molar-refractivity contribution in [2.24, 2.45) is 0 Å². The number of nitrogen functional groups attached to an aromatic ring is 1. The number of hydrogen-bond donors (Lipinski definition) is 1. The quantitative estimate of drug-likeness (QED) is 0.313. The number of para-hydroxylation sites is 2. The zero-order valence-corrected chi connectivity index (χ0v) is 19.0. The molecule has 9 nitrogen and oxygen atoms in total. The van der Waals surface area contributed by atoms with E-state index in [4.69, 9.17) is 5.73 Å². The van der Waals surface area contributed by atoms with E-state index in [1.54, 1.807) is 30.6 Å². The molecule has 0 atom stereocenters. The molecule has 3 heterocycles. The van der Waals surface area contributed by atoms with Gasteiger partial charge in [0.05, 0.1) is 35.8 Å². The van der Waals surface area contributed by atoms with E-state index in [0.29, 0.717) is 23.8 Å². The van der Waals surface area contributed by atoms with E-state index in [0.717, 1.165) is 22.2 Å². The number of aromatic nitrogens is 5. The molecule has 35 heavy (non-hydrogen) atoms. The number of benzene rings is 2. The average molecular weight is 458 g/mol. The number of aromatic carboxylic acids is 1. The summed E-state index contributed by atoms with van der Waals surface area (Å²) in [5.74, 6) is -0.859. The van der Waals surface area contributed by atoms with Crippen molar-refractivity contribution in [1.82, 2.24) is 24.3 Å². The normalized spacial score (nSPS) is 10.7. The Kier molecular flexibility index (Phi) is 6.82. The number of anilines is 1. The number of rotatable bonds is 6. The average Bonchev–Trinajstić information content (AvgIpc) is 3.16. The third kappa shape index (κ3) is 5.01. The fourth-order valence-corrected chi connectivity index (χ4v) is 3.84. The third-order valence-corrected chi connectivity index (χ3v) is 5.48. The van der Waals surface area contributed by atoms with Gasteiger partial charge in [-0.15, -0.1) is 0 Å². The zero-order chi connectivity index (χ0) is 23.7. The van der Waals surface area contributed by atoms with Gasteiger partial charge in [-0.25, -0.2) is 9.67 Å². The van der Waals surface area contributed by atoms with Crippen LogP contribution in [0.5, 0.6) is 0 Å². The molecule has 0 aliphatic rings. The Labute approximate surface area is 212 Å². The minimum atomic E-state index is -1.27. The maximum atomic E-state index is 12.4. The number of pyridine rings is 1. The first kappa shape index (κ1) is 23.9. The molecule has 10 heteroatoms. The van der Waals surface area contributed by atoms with Gasteiger partial charge in [0, 0.05) is 24.0 Å². The van der Waals surface area contributed by atoms with Crippen molar-refractivity contribution in [3.05, 3.63) is 106 Å². The summed E-state index contributed by atoms with van der Waals surface area (Å²) < 4.78 is 3.20. The molecule has 3 aromatic heterocycles. The van der Waals surface area contributed by atoms with Crippen LogP contribution in [0.2, 0.25) is 0 Å². The minimum absolute atomic E-state index is 0. The topological polar surface area (TPSA) is 132 Å². The minimum Gasteiger partial charge on any atom is -0.545 e. The maximum absolute atomic E-state index is 12.4. The molecular formula is C25H19LiN6O3. The fourth-order valence-electron chi connectivity index (χ4n) is 3.84. The number of imidazole rings is 1. The van der Waals surface area contributed by atoms with Gasteiger partial charge in [0.25, 0.3) is 5.56 Å². The second kappa shape index (κ2) is 9.97. The van der Waals surface area contributed by atoms with Crippen molar-refractivity contribution in [1.29, 1.82) is 0 Å². The molecule has 168 valence electrons. The molecule has 0 amide bonds. The van der Waals surface area contributed by atoms with Crippen LogP contribution in [0.15, 0.2) is 83.9 Å². The SMILES string of the molecule is Nc1nc2ccccc2n1Cc1cncc(-c2ccc(=O)n(Cc3cccc(C(=O)[O-])c3)n2)c1.[Li+]. The Morgan fingerprint density at radius 1 is 0.943 bits per heavy atom. The molecule has 5 aromatic rings. The molecule has 0 saturated heterocycles. The molecule has 2 aromatic carbocycles. The van der Waals surface area contributed by atoms with E-state index in [1.165, 1.54) is 22.9 Å². The zero-order valence-electron chi connectivity index (χ0n) is 19.0. The number of nitrogens with two attached hydrogens (primary N) is 1. The number of fused-ring (bicyclic) bond motifs is 1. The maximum Gasteiger partial charge on any atom is 1.00 e. The van der Waals surface area contributed by atoms with Crippen LogP contribution in [0.25, 0.3) is 22.3 Å². The molecule has 0 spiro atoms. The van der Waals surface area contributed by atoms with Gasteiger partial charge in [-0.2, -0.15) is 5.10 Å². The van der Waals surface area contributed by atoms with Gasteiger partial charge >= 0.3 is 18.9 Å². The summed E-state index contributed by atoms with van der Waals surface area (Å²) in [5.41, 5.74) is 10.4. The molecule has 5 rings (SSSR count). The number of carbonyl (C=O) groups excluding carboxylic acids is 1. The predicted molar refractivity (Wildman–Crippen MR) is 125 cm³/mol. The van der Waals surface area contributed by atoms with Crippen molar-refractivity contribution in [3.63, 3.8) is 0 Å². The molecular weight excluding hydrogens is 439 g/mol. The number of hydrogen-bond acceptors (Lipinski definition) is 7. The number of carboxylic acids is 1. The van der Waals surface area contributed by atoms with Gasteiger partial charge in [0.15, 0.2) is 0 Å². The van der Waals surface area contributed by atoms with Gasteiger partial charge in [-0.05, 0) is 47.0 Å². The first-order valence-corrected chi connectivity index (χ1v) is 10.5. The predicted octanol–water partition coefficient (Wildman–Crippen LogP) is -1.30. The van der Waals surface area contributed by atoms with E-state index in [-0.39, 0.29) is 36.5 Å². The Morgan fingerprint density at radius 3 is 2.60 bits per heavy atom. The smallest absolute Gasteiger partial charge is 0.545 e. The summed E-state index contributed by atoms with van der Waals surface area (Å²) in [7, 11) is 0. The fraction of sp³-hybridized carbons (Fsp3) is 0.0800. The molecule has 0 fully saturated rings. The van der Waals surface area contributed by atoms with Crippen molar-refractivity contribution < 1.29 is 28.8 Å². The van der Waals surface area contributed by atoms with E-state index in [1.807, 2.05) is 34.9 Å². The van der Waals surface area contributed by atoms with Gasteiger partial charge < -0.3 is 20.2 Å². The summed E-state index contributed by atoms with van der Waals surface area (Å²) in [6.07, 6.45) is 3.42. The van der Waals surface area contributed by atoms with Crippen LogP contribution in [-0.4, -0.2) is 30.3 Å². The monoisotopic (exact) mass is 458 g/mol. The molecule has 0 bridgehead atoms. The first-order chi connectivity index (χ1) is 16.5. The third-order valence-electron chi connectivity index (χ3n) is 5.48. The van der Waals surface area contributed by atoms with Crippen molar-refractivity contribution in [3.8, 4) is 11.3 Å². The van der Waals surface area contributed by atoms with Crippen LogP contribution in [-0.2, 0) is 13.1 Å². The van der Waals surface area contributed by atoms with Crippen molar-refractivity contribution in [2.75, 3.05) is 5.73 Å². The van der Waals surface area contributed by atoms with Crippen LogP contribution in [0.4, 0.5) is 5.95 Å². The van der Waals surface area contributed by atoms with Crippen LogP contribution < -0.4 is 35.3 Å². The number of carboxylic acid groups (broad SMARTS) is 1. The van der Waals surface area contributed by atoms with Crippen LogP contribution in [0.3, 0.4) is 0 Å². The van der Waals surface area contributed by atoms with E-state index < -0.39 is 5.97 Å². The molecule has 0 aliphatic heterocycles. The number of carbonyl (C=O) groups is 1. The summed E-state index contributed by atoms with van der Waals surface area (Å²) in [6, 6.07) is 19.0. The second-order valence-electron chi connectivity index (χ2n) is 7.83. The summed E-state index contributed by atoms with van der Waals surface area (Å²) in [6.45, 7) is 0.599. The molecule has 0 saturated carbocycles. The van der Waals surface area contributed by atoms with Gasteiger partial charge in [-0.3, -0.25) is 9.78 Å². The van der Waals surface area contributed by atoms with E-state index in [2.05, 4.69) is 15.1 Å². The largest absolute Gasteiger partial charge is 1.00 e. The molecule has 2 N–H and O–H groups in total. The molecule has 0 aliphatic carbocycles. The number of nitrogens with zero attached hydrogens (tertiary/aromatic N) is 5. The van der Waals surface area contributed by atoms with Crippen molar-refractivity contribution >= 4 is 23.0 Å². The molecule has 0 radical (unpaired) electrons. The Balaban J connectivity index is 0.00000289. The summed E-state index contributed by atoms with van der Waals surface area (Å²) in [5, 5.41) is 15.6. The first-order valence-electron chi connectivity index (χ1n) is 10.5. The van der Waals surface area contributed by atoms with Gasteiger partial charge in [0.1, 0.15) is 0 Å². The summed E-state index contributed by atoms with van der Waals surface area (Å²) in [4.78, 5) is 32.3. The van der Waals surface area contributed by atoms with E-state index in [9.17, 15) is 14.7 Å². The standard InChI is InChI=1S/C25H20N6O3.Li/c26-25-28-21-6-1-2-7-22(21)30(25)14-17-11-19(13-27-12-17)20-8-9-23(32)31(29-20)15-16-4-3-5-18(10-16)24(33)34;/h1-13H,14-15H2,(H2,26,28)(H,33,34);/q;+1/p-1. The Morgan fingerprint density at radius 2 is 1.77 bits per heavy atom. The van der Waals surface area contributed by atoms with Crippen LogP contribution in [0.1, 0.15) is 21.5 Å². The van der Waals surface area contributed by atoms with Crippen LogP contribution in [0, 0.1) is 0 Å². The summed E-state index contributed by atoms with van der Waals surface area (Å²) >= 11 is 0. The van der Waals surface area contributed by atoms with Crippen LogP contribution >= 0.6 is 0 Å². The van der Waals surface area contributed by atoms with Crippen molar-refractivity contribution in [2.45, 2.75) is 13.1 Å². The van der Waals surface area contributed by atoms with E-state index >= 15 is 0 Å². The second-order valence-corrected chi connectivity index (χ2v) is 7.83. The van der Waals surface area contributed by atoms with Gasteiger partial charge in [-0.1, -0.05) is 30.3 Å². The van der Waals surface area contributed by atoms with Gasteiger partial charge in [0.2, 0.25) is 5.95 Å². The molecule has 0 unspecified atom stereocenters. The Hall–Kier alpha value is -4.19. The Bertz CT molecular complexity index is 1590.